The van der Waals surface area contributed by atoms with Crippen molar-refractivity contribution < 1.29 is 18.7 Å². The number of amides is 1. The van der Waals surface area contributed by atoms with Crippen molar-refractivity contribution in [1.29, 1.82) is 5.26 Å². The first-order valence-electron chi connectivity index (χ1n) is 8.06. The van der Waals surface area contributed by atoms with Gasteiger partial charge in [-0.15, -0.1) is 0 Å². The Morgan fingerprint density at radius 1 is 1.15 bits per heavy atom. The molecule has 0 aliphatic rings. The van der Waals surface area contributed by atoms with Gasteiger partial charge in [0, 0.05) is 17.8 Å². The molecule has 1 heterocycles. The highest BCUT2D eigenvalue weighted by molar-refractivity contribution is 6.01. The number of hydrogen-bond acceptors (Lipinski definition) is 5. The van der Waals surface area contributed by atoms with Gasteiger partial charge in [-0.25, -0.2) is 0 Å². The average molecular weight is 360 g/mol. The molecule has 0 saturated heterocycles. The summed E-state index contributed by atoms with van der Waals surface area (Å²) in [5.41, 5.74) is 1.11. The fourth-order valence-corrected chi connectivity index (χ4v) is 2.28. The fraction of sp³-hybridized carbons (Fsp3) is 0.0476. The van der Waals surface area contributed by atoms with Crippen molar-refractivity contribution in [3.05, 3.63) is 78.3 Å². The summed E-state index contributed by atoms with van der Waals surface area (Å²) in [4.78, 5) is 11.9. The lowest BCUT2D eigenvalue weighted by Crippen LogP contribution is -2.07. The summed E-state index contributed by atoms with van der Waals surface area (Å²) in [6, 6.07) is 17.4. The molecular weight excluding hydrogens is 344 g/mol. The van der Waals surface area contributed by atoms with E-state index in [9.17, 15) is 4.79 Å². The molecule has 1 N–H and O–H groups in total. The molecule has 1 aromatic heterocycles. The number of carbonyl (C=O) groups excluding carboxylic acids is 1. The highest BCUT2D eigenvalue weighted by atomic mass is 16.5. The number of nitrogens with zero attached hydrogens (tertiary/aromatic N) is 1. The van der Waals surface area contributed by atoms with Crippen LogP contribution in [-0.4, -0.2) is 13.0 Å². The van der Waals surface area contributed by atoms with E-state index in [1.807, 2.05) is 0 Å². The van der Waals surface area contributed by atoms with Crippen LogP contribution in [-0.2, 0) is 4.79 Å². The molecule has 1 amide bonds. The Morgan fingerprint density at radius 2 is 1.96 bits per heavy atom. The van der Waals surface area contributed by atoms with E-state index >= 15 is 0 Å². The number of methoxy groups -OCH3 is 1. The zero-order valence-electron chi connectivity index (χ0n) is 14.5. The maximum atomic E-state index is 11.9. The molecule has 0 aliphatic heterocycles. The van der Waals surface area contributed by atoms with E-state index in [1.165, 1.54) is 13.2 Å². The summed E-state index contributed by atoms with van der Waals surface area (Å²) >= 11 is 0. The SMILES string of the molecule is COc1cc(C#N)ccc1Oc1ccc(NC(=O)/C=C/c2ccco2)cc1. The average Bonchev–Trinajstić information content (AvgIpc) is 3.22. The molecule has 2 aromatic carbocycles. The van der Waals surface area contributed by atoms with Crippen LogP contribution in [0.3, 0.4) is 0 Å². The van der Waals surface area contributed by atoms with Crippen LogP contribution in [0.25, 0.3) is 6.08 Å². The van der Waals surface area contributed by atoms with Crippen molar-refractivity contribution >= 4 is 17.7 Å². The van der Waals surface area contributed by atoms with E-state index in [1.54, 1.807) is 66.9 Å². The number of nitrogens with one attached hydrogen (secondary N) is 1. The van der Waals surface area contributed by atoms with Crippen LogP contribution in [0.15, 0.2) is 71.4 Å². The van der Waals surface area contributed by atoms with Gasteiger partial charge in [0.25, 0.3) is 0 Å². The van der Waals surface area contributed by atoms with E-state index in [-0.39, 0.29) is 5.91 Å². The highest BCUT2D eigenvalue weighted by Crippen LogP contribution is 2.32. The maximum Gasteiger partial charge on any atom is 0.248 e. The third kappa shape index (κ3) is 4.77. The second-order valence-electron chi connectivity index (χ2n) is 5.44. The largest absolute Gasteiger partial charge is 0.493 e. The topological polar surface area (TPSA) is 84.5 Å². The van der Waals surface area contributed by atoms with Crippen molar-refractivity contribution in [1.82, 2.24) is 0 Å². The van der Waals surface area contributed by atoms with Gasteiger partial charge in [0.15, 0.2) is 11.5 Å². The van der Waals surface area contributed by atoms with Crippen LogP contribution in [0.4, 0.5) is 5.69 Å². The minimum atomic E-state index is -0.270. The third-order valence-corrected chi connectivity index (χ3v) is 3.58. The summed E-state index contributed by atoms with van der Waals surface area (Å²) in [7, 11) is 1.51. The highest BCUT2D eigenvalue weighted by Gasteiger charge is 2.07. The molecule has 0 bridgehead atoms. The smallest absolute Gasteiger partial charge is 0.248 e. The Morgan fingerprint density at radius 3 is 2.63 bits per heavy atom. The number of carbonyl (C=O) groups is 1. The van der Waals surface area contributed by atoms with Crippen molar-refractivity contribution in [3.63, 3.8) is 0 Å². The van der Waals surface area contributed by atoms with Gasteiger partial charge in [0.2, 0.25) is 5.91 Å². The predicted octanol–water partition coefficient (Wildman–Crippen LogP) is 4.60. The number of anilines is 1. The lowest BCUT2D eigenvalue weighted by Gasteiger charge is -2.11. The summed E-state index contributed by atoms with van der Waals surface area (Å²) in [5.74, 6) is 1.87. The normalized spacial score (nSPS) is 10.4. The summed E-state index contributed by atoms with van der Waals surface area (Å²) in [6.45, 7) is 0. The number of benzene rings is 2. The van der Waals surface area contributed by atoms with Crippen LogP contribution in [0.5, 0.6) is 17.2 Å². The Kier molecular flexibility index (Phi) is 5.55. The van der Waals surface area contributed by atoms with Crippen LogP contribution in [0.1, 0.15) is 11.3 Å². The maximum absolute atomic E-state index is 11.9. The molecule has 134 valence electrons. The lowest BCUT2D eigenvalue weighted by molar-refractivity contribution is -0.111. The quantitative estimate of drug-likeness (QED) is 0.649. The monoisotopic (exact) mass is 360 g/mol. The molecule has 0 saturated carbocycles. The predicted molar refractivity (Wildman–Crippen MR) is 101 cm³/mol. The standard InChI is InChI=1S/C21H16N2O4/c1-25-20-13-15(14-22)4-10-19(20)27-18-7-5-16(6-8-18)23-21(24)11-9-17-3-2-12-26-17/h2-13H,1H3,(H,23,24)/b11-9+. The molecule has 3 rings (SSSR count). The summed E-state index contributed by atoms with van der Waals surface area (Å²) in [6.07, 6.45) is 4.52. The number of furan rings is 1. The third-order valence-electron chi connectivity index (χ3n) is 3.58. The number of nitriles is 1. The minimum absolute atomic E-state index is 0.270. The van der Waals surface area contributed by atoms with Gasteiger partial charge in [0.05, 0.1) is 25.0 Å². The van der Waals surface area contributed by atoms with Gasteiger partial charge in [-0.1, -0.05) is 0 Å². The lowest BCUT2D eigenvalue weighted by atomic mass is 10.2. The molecule has 0 unspecified atom stereocenters. The van der Waals surface area contributed by atoms with Gasteiger partial charge in [-0.3, -0.25) is 4.79 Å². The first-order valence-corrected chi connectivity index (χ1v) is 8.06. The first kappa shape index (κ1) is 17.8. The molecule has 3 aromatic rings. The molecule has 6 nitrogen and oxygen atoms in total. The van der Waals surface area contributed by atoms with Crippen LogP contribution in [0, 0.1) is 11.3 Å². The second-order valence-corrected chi connectivity index (χ2v) is 5.44. The Bertz CT molecular complexity index is 984. The van der Waals surface area contributed by atoms with Gasteiger partial charge < -0.3 is 19.2 Å². The van der Waals surface area contributed by atoms with E-state index in [4.69, 9.17) is 19.2 Å². The molecule has 0 radical (unpaired) electrons. The molecule has 6 heteroatoms. The molecular formula is C21H16N2O4. The minimum Gasteiger partial charge on any atom is -0.493 e. The van der Waals surface area contributed by atoms with E-state index in [0.29, 0.717) is 34.3 Å². The van der Waals surface area contributed by atoms with Crippen LogP contribution < -0.4 is 14.8 Å². The summed E-state index contributed by atoms with van der Waals surface area (Å²) < 4.78 is 16.2. The van der Waals surface area contributed by atoms with Crippen molar-refractivity contribution in [2.24, 2.45) is 0 Å². The molecule has 27 heavy (non-hydrogen) atoms. The molecule has 0 spiro atoms. The van der Waals surface area contributed by atoms with Gasteiger partial charge in [-0.05, 0) is 54.6 Å². The number of ether oxygens (including phenoxy) is 2. The van der Waals surface area contributed by atoms with Gasteiger partial charge >= 0.3 is 0 Å². The van der Waals surface area contributed by atoms with Crippen LogP contribution >= 0.6 is 0 Å². The van der Waals surface area contributed by atoms with Crippen LogP contribution in [0.2, 0.25) is 0 Å². The van der Waals surface area contributed by atoms with Crippen molar-refractivity contribution in [2.75, 3.05) is 12.4 Å². The van der Waals surface area contributed by atoms with Crippen molar-refractivity contribution in [2.45, 2.75) is 0 Å². The Hall–Kier alpha value is -3.98. The fourth-order valence-electron chi connectivity index (χ4n) is 2.28. The molecule has 0 aliphatic carbocycles. The van der Waals surface area contributed by atoms with Gasteiger partial charge in [0.1, 0.15) is 11.5 Å². The van der Waals surface area contributed by atoms with E-state index in [2.05, 4.69) is 11.4 Å². The summed E-state index contributed by atoms with van der Waals surface area (Å²) in [5, 5.41) is 11.7. The number of hydrogen-bond donors (Lipinski definition) is 1. The second kappa shape index (κ2) is 8.41. The zero-order valence-corrected chi connectivity index (χ0v) is 14.5. The first-order chi connectivity index (χ1) is 13.2. The molecule has 0 fully saturated rings. The van der Waals surface area contributed by atoms with Gasteiger partial charge in [-0.2, -0.15) is 5.26 Å². The zero-order chi connectivity index (χ0) is 19.1. The van der Waals surface area contributed by atoms with E-state index < -0.39 is 0 Å². The molecule has 0 atom stereocenters. The Balaban J connectivity index is 1.64. The Labute approximate surface area is 156 Å². The number of rotatable bonds is 6. The van der Waals surface area contributed by atoms with Crippen molar-refractivity contribution in [3.8, 4) is 23.3 Å². The van der Waals surface area contributed by atoms with E-state index in [0.717, 1.165) is 0 Å².